The lowest BCUT2D eigenvalue weighted by molar-refractivity contribution is 0.0969. The highest BCUT2D eigenvalue weighted by Crippen LogP contribution is 2.32. The summed E-state index contributed by atoms with van der Waals surface area (Å²) in [6.45, 7) is 1.21. The van der Waals surface area contributed by atoms with Gasteiger partial charge in [-0.15, -0.1) is 0 Å². The molecule has 1 fully saturated rings. The molecule has 3 aromatic rings. The van der Waals surface area contributed by atoms with E-state index in [1.165, 1.54) is 0 Å². The number of carbonyl (C=O) groups is 1. The zero-order valence-corrected chi connectivity index (χ0v) is 18.4. The number of anilines is 1. The SMILES string of the molecule is O=C(NC1=NC([C@H]2C[C@@H](O)CN2c2ccccc2)CS1)c1cccn1Cc1ccncc1. The van der Waals surface area contributed by atoms with Gasteiger partial charge in [0.05, 0.1) is 18.2 Å². The first-order chi connectivity index (χ1) is 15.7. The summed E-state index contributed by atoms with van der Waals surface area (Å²) in [7, 11) is 0. The van der Waals surface area contributed by atoms with E-state index >= 15 is 0 Å². The molecule has 4 heterocycles. The van der Waals surface area contributed by atoms with Gasteiger partial charge < -0.3 is 19.9 Å². The fourth-order valence-corrected chi connectivity index (χ4v) is 5.38. The Kier molecular flexibility index (Phi) is 5.96. The van der Waals surface area contributed by atoms with E-state index in [0.717, 1.165) is 17.0 Å². The molecule has 0 radical (unpaired) electrons. The van der Waals surface area contributed by atoms with Gasteiger partial charge >= 0.3 is 0 Å². The van der Waals surface area contributed by atoms with E-state index in [1.807, 2.05) is 53.2 Å². The molecule has 1 unspecified atom stereocenters. The van der Waals surface area contributed by atoms with Gasteiger partial charge in [0, 0.05) is 43.1 Å². The normalized spacial score (nSPS) is 22.7. The number of rotatable bonds is 5. The average molecular weight is 448 g/mol. The molecule has 2 aromatic heterocycles. The molecule has 3 atom stereocenters. The molecule has 0 saturated carbocycles. The molecule has 0 bridgehead atoms. The van der Waals surface area contributed by atoms with E-state index in [1.54, 1.807) is 24.2 Å². The van der Waals surface area contributed by atoms with E-state index in [0.29, 0.717) is 30.4 Å². The molecule has 1 aromatic carbocycles. The summed E-state index contributed by atoms with van der Waals surface area (Å²) in [6.07, 6.45) is 5.72. The number of β-amino-alcohol motifs (C(OH)–C–C–N with tert-alkyl or cyclic N) is 1. The van der Waals surface area contributed by atoms with E-state index in [2.05, 4.69) is 27.3 Å². The molecule has 2 N–H and O–H groups in total. The number of amides is 1. The van der Waals surface area contributed by atoms with Crippen molar-refractivity contribution < 1.29 is 9.90 Å². The van der Waals surface area contributed by atoms with Crippen molar-refractivity contribution in [2.24, 2.45) is 4.99 Å². The standard InChI is InChI=1S/C24H25N5O2S/c30-19-13-22(29(15-19)18-5-2-1-3-6-18)20-16-32-24(26-20)27-23(31)21-7-4-12-28(21)14-17-8-10-25-11-9-17/h1-12,19-20,22,30H,13-16H2,(H,26,27,31)/t19-,20?,22-/m1/s1. The molecule has 1 amide bonds. The number of para-hydroxylation sites is 1. The second-order valence-corrected chi connectivity index (χ2v) is 9.10. The van der Waals surface area contributed by atoms with Gasteiger partial charge in [-0.2, -0.15) is 0 Å². The van der Waals surface area contributed by atoms with Gasteiger partial charge in [-0.05, 0) is 48.4 Å². The van der Waals surface area contributed by atoms with Gasteiger partial charge in [0.25, 0.3) is 5.91 Å². The Labute approximate surface area is 191 Å². The van der Waals surface area contributed by atoms with Crippen LogP contribution >= 0.6 is 11.8 Å². The molecule has 5 rings (SSSR count). The third kappa shape index (κ3) is 4.42. The Morgan fingerprint density at radius 3 is 2.75 bits per heavy atom. The number of benzene rings is 1. The first kappa shape index (κ1) is 20.8. The smallest absolute Gasteiger partial charge is 0.273 e. The Morgan fingerprint density at radius 2 is 1.94 bits per heavy atom. The molecule has 2 aliphatic rings. The number of pyridine rings is 1. The van der Waals surface area contributed by atoms with E-state index in [-0.39, 0.29) is 24.1 Å². The third-order valence-corrected chi connectivity index (χ3v) is 6.90. The highest BCUT2D eigenvalue weighted by Gasteiger charge is 2.39. The first-order valence-corrected chi connectivity index (χ1v) is 11.7. The van der Waals surface area contributed by atoms with Gasteiger partial charge in [0.15, 0.2) is 5.17 Å². The van der Waals surface area contributed by atoms with Crippen LogP contribution in [0.4, 0.5) is 5.69 Å². The number of aliphatic hydroxyl groups excluding tert-OH is 1. The molecule has 0 aliphatic carbocycles. The maximum Gasteiger partial charge on any atom is 0.273 e. The minimum Gasteiger partial charge on any atom is -0.391 e. The molecule has 8 heteroatoms. The highest BCUT2D eigenvalue weighted by molar-refractivity contribution is 8.14. The van der Waals surface area contributed by atoms with Crippen LogP contribution < -0.4 is 10.2 Å². The van der Waals surface area contributed by atoms with Gasteiger partial charge in [0.2, 0.25) is 0 Å². The topological polar surface area (TPSA) is 82.7 Å². The van der Waals surface area contributed by atoms with Crippen LogP contribution in [0, 0.1) is 0 Å². The summed E-state index contributed by atoms with van der Waals surface area (Å²) in [4.78, 5) is 24.1. The van der Waals surface area contributed by atoms with Gasteiger partial charge in [-0.3, -0.25) is 14.8 Å². The maximum absolute atomic E-state index is 12.9. The predicted octanol–water partition coefficient (Wildman–Crippen LogP) is 2.77. The number of hydrogen-bond acceptors (Lipinski definition) is 6. The lowest BCUT2D eigenvalue weighted by Crippen LogP contribution is -2.38. The van der Waals surface area contributed by atoms with Gasteiger partial charge in [-0.1, -0.05) is 30.0 Å². The van der Waals surface area contributed by atoms with Gasteiger partial charge in [0.1, 0.15) is 5.69 Å². The number of aliphatic hydroxyl groups is 1. The van der Waals surface area contributed by atoms with Crippen molar-refractivity contribution in [3.8, 4) is 0 Å². The number of amidine groups is 1. The molecule has 164 valence electrons. The minimum atomic E-state index is -0.365. The minimum absolute atomic E-state index is 0.0243. The summed E-state index contributed by atoms with van der Waals surface area (Å²) in [5.74, 6) is 0.622. The molecular formula is C24H25N5O2S. The Balaban J connectivity index is 1.27. The number of aromatic nitrogens is 2. The molecule has 2 aliphatic heterocycles. The van der Waals surface area contributed by atoms with Crippen molar-refractivity contribution >= 4 is 28.5 Å². The highest BCUT2D eigenvalue weighted by atomic mass is 32.2. The molecule has 1 saturated heterocycles. The summed E-state index contributed by atoms with van der Waals surface area (Å²) < 4.78 is 1.92. The van der Waals surface area contributed by atoms with Crippen LogP contribution in [0.5, 0.6) is 0 Å². The number of hydrogen-bond donors (Lipinski definition) is 2. The van der Waals surface area contributed by atoms with Crippen LogP contribution in [0.3, 0.4) is 0 Å². The predicted molar refractivity (Wildman–Crippen MR) is 127 cm³/mol. The summed E-state index contributed by atoms with van der Waals surface area (Å²) in [5, 5.41) is 13.9. The summed E-state index contributed by atoms with van der Waals surface area (Å²) in [6, 6.07) is 17.9. The van der Waals surface area contributed by atoms with Crippen molar-refractivity contribution in [2.75, 3.05) is 17.2 Å². The second kappa shape index (κ2) is 9.18. The lowest BCUT2D eigenvalue weighted by Gasteiger charge is -2.29. The Bertz CT molecular complexity index is 1100. The fourth-order valence-electron chi connectivity index (χ4n) is 4.38. The van der Waals surface area contributed by atoms with Crippen LogP contribution in [0.2, 0.25) is 0 Å². The van der Waals surface area contributed by atoms with Crippen LogP contribution in [-0.4, -0.2) is 56.2 Å². The fraction of sp³-hybridized carbons (Fsp3) is 0.292. The van der Waals surface area contributed by atoms with Gasteiger partial charge in [-0.25, -0.2) is 0 Å². The van der Waals surface area contributed by atoms with Crippen molar-refractivity contribution in [3.63, 3.8) is 0 Å². The van der Waals surface area contributed by atoms with Crippen molar-refractivity contribution in [3.05, 3.63) is 84.4 Å². The summed E-state index contributed by atoms with van der Waals surface area (Å²) >= 11 is 1.56. The largest absolute Gasteiger partial charge is 0.391 e. The van der Waals surface area contributed by atoms with Crippen LogP contribution in [0.1, 0.15) is 22.5 Å². The number of aliphatic imine (C=N–C) groups is 1. The zero-order chi connectivity index (χ0) is 21.9. The average Bonchev–Trinajstić information content (AvgIpc) is 3.55. The van der Waals surface area contributed by atoms with Crippen molar-refractivity contribution in [2.45, 2.75) is 31.2 Å². The van der Waals surface area contributed by atoms with E-state index in [9.17, 15) is 9.90 Å². The van der Waals surface area contributed by atoms with Crippen LogP contribution in [0.25, 0.3) is 0 Å². The number of thioether (sulfide) groups is 1. The van der Waals surface area contributed by atoms with E-state index < -0.39 is 0 Å². The quantitative estimate of drug-likeness (QED) is 0.629. The summed E-state index contributed by atoms with van der Waals surface area (Å²) in [5.41, 5.74) is 2.77. The molecule has 0 spiro atoms. The number of carbonyl (C=O) groups excluding carboxylic acids is 1. The lowest BCUT2D eigenvalue weighted by atomic mass is 10.1. The van der Waals surface area contributed by atoms with E-state index in [4.69, 9.17) is 4.99 Å². The van der Waals surface area contributed by atoms with Crippen molar-refractivity contribution in [1.82, 2.24) is 14.9 Å². The third-order valence-electron chi connectivity index (χ3n) is 5.91. The van der Waals surface area contributed by atoms with Crippen molar-refractivity contribution in [1.29, 1.82) is 0 Å². The number of nitrogens with zero attached hydrogens (tertiary/aromatic N) is 4. The second-order valence-electron chi connectivity index (χ2n) is 8.09. The first-order valence-electron chi connectivity index (χ1n) is 10.7. The van der Waals surface area contributed by atoms with Crippen LogP contribution in [0.15, 0.2) is 78.2 Å². The molecular weight excluding hydrogens is 422 g/mol. The zero-order valence-electron chi connectivity index (χ0n) is 17.5. The molecule has 7 nitrogen and oxygen atoms in total. The Morgan fingerprint density at radius 1 is 1.12 bits per heavy atom. The Hall–Kier alpha value is -3.10. The monoisotopic (exact) mass is 447 g/mol. The van der Waals surface area contributed by atoms with Crippen LogP contribution in [-0.2, 0) is 6.54 Å². The number of nitrogens with one attached hydrogen (secondary N) is 1. The molecule has 32 heavy (non-hydrogen) atoms. The maximum atomic E-state index is 12.9.